The van der Waals surface area contributed by atoms with Gasteiger partial charge in [0.05, 0.1) is 5.92 Å². The minimum atomic E-state index is 0.0128. The van der Waals surface area contributed by atoms with Crippen LogP contribution in [-0.2, 0) is 4.79 Å². The van der Waals surface area contributed by atoms with Crippen LogP contribution in [0.5, 0.6) is 0 Å². The van der Waals surface area contributed by atoms with Crippen LogP contribution in [0.4, 0.5) is 5.69 Å². The largest absolute Gasteiger partial charge is 0.339 e. The van der Waals surface area contributed by atoms with Crippen LogP contribution in [0, 0.1) is 6.92 Å². The maximum Gasteiger partial charge on any atom is 0.232 e. The van der Waals surface area contributed by atoms with Gasteiger partial charge in [-0.15, -0.1) is 0 Å². The summed E-state index contributed by atoms with van der Waals surface area (Å²) in [5.41, 5.74) is 2.13. The first-order chi connectivity index (χ1) is 10.2. The average molecular weight is 283 g/mol. The molecule has 0 radical (unpaired) electrons. The van der Waals surface area contributed by atoms with Crippen molar-refractivity contribution in [2.24, 2.45) is 0 Å². The quantitative estimate of drug-likeness (QED) is 0.869. The highest BCUT2D eigenvalue weighted by atomic mass is 16.5. The summed E-state index contributed by atoms with van der Waals surface area (Å²) in [5.74, 6) is 2.03. The van der Waals surface area contributed by atoms with Crippen molar-refractivity contribution >= 4 is 11.6 Å². The lowest BCUT2D eigenvalue weighted by atomic mass is 10.1. The molecule has 0 N–H and O–H groups in total. The Morgan fingerprint density at radius 1 is 1.19 bits per heavy atom. The van der Waals surface area contributed by atoms with Crippen molar-refractivity contribution in [3.63, 3.8) is 0 Å². The average Bonchev–Trinajstić information content (AvgIpc) is 3.08. The minimum Gasteiger partial charge on any atom is -0.339 e. The van der Waals surface area contributed by atoms with E-state index in [1.165, 1.54) is 5.56 Å². The third-order valence-electron chi connectivity index (χ3n) is 4.22. The molecule has 2 fully saturated rings. The Bertz CT molecular complexity index is 673. The van der Waals surface area contributed by atoms with Gasteiger partial charge in [0.25, 0.3) is 0 Å². The number of carbonyl (C=O) groups excluding carboxylic acids is 1. The fourth-order valence-corrected chi connectivity index (χ4v) is 2.77. The molecule has 1 unspecified atom stereocenters. The Morgan fingerprint density at radius 2 is 1.95 bits per heavy atom. The van der Waals surface area contributed by atoms with Crippen molar-refractivity contribution in [1.82, 2.24) is 10.1 Å². The van der Waals surface area contributed by atoms with Gasteiger partial charge < -0.3 is 9.42 Å². The van der Waals surface area contributed by atoms with Crippen molar-refractivity contribution in [1.29, 1.82) is 0 Å². The van der Waals surface area contributed by atoms with Crippen LogP contribution in [0.15, 0.2) is 28.8 Å². The van der Waals surface area contributed by atoms with Crippen LogP contribution in [0.1, 0.15) is 48.4 Å². The number of benzene rings is 1. The zero-order valence-corrected chi connectivity index (χ0v) is 12.0. The van der Waals surface area contributed by atoms with Gasteiger partial charge in [-0.2, -0.15) is 4.98 Å². The fraction of sp³-hybridized carbons (Fsp3) is 0.438. The molecule has 0 spiro atoms. The lowest BCUT2D eigenvalue weighted by molar-refractivity contribution is -0.117. The normalized spacial score (nSPS) is 22.0. The second-order valence-electron chi connectivity index (χ2n) is 6.01. The second kappa shape index (κ2) is 4.69. The molecule has 4 rings (SSSR count). The summed E-state index contributed by atoms with van der Waals surface area (Å²) in [7, 11) is 0. The summed E-state index contributed by atoms with van der Waals surface area (Å²) in [4.78, 5) is 18.5. The molecule has 1 atom stereocenters. The second-order valence-corrected chi connectivity index (χ2v) is 6.01. The number of anilines is 1. The molecule has 1 aliphatic carbocycles. The molecule has 2 aromatic rings. The zero-order valence-electron chi connectivity index (χ0n) is 12.0. The van der Waals surface area contributed by atoms with E-state index in [1.807, 2.05) is 36.1 Å². The fourth-order valence-electron chi connectivity index (χ4n) is 2.77. The van der Waals surface area contributed by atoms with Crippen LogP contribution in [0.2, 0.25) is 0 Å². The number of aromatic nitrogens is 2. The molecular formula is C16H17N3O2. The van der Waals surface area contributed by atoms with Crippen LogP contribution < -0.4 is 4.90 Å². The number of hydrogen-bond donors (Lipinski definition) is 0. The summed E-state index contributed by atoms with van der Waals surface area (Å²) in [6.45, 7) is 2.66. The molecule has 21 heavy (non-hydrogen) atoms. The topological polar surface area (TPSA) is 59.2 Å². The molecule has 1 amide bonds. The Hall–Kier alpha value is -2.17. The van der Waals surface area contributed by atoms with Crippen LogP contribution in [-0.4, -0.2) is 22.6 Å². The molecule has 1 aliphatic heterocycles. The molecule has 1 saturated carbocycles. The number of hydrogen-bond acceptors (Lipinski definition) is 4. The Kier molecular flexibility index (Phi) is 2.80. The van der Waals surface area contributed by atoms with E-state index >= 15 is 0 Å². The number of aryl methyl sites for hydroxylation is 1. The smallest absolute Gasteiger partial charge is 0.232 e. The predicted molar refractivity (Wildman–Crippen MR) is 77.2 cm³/mol. The monoisotopic (exact) mass is 283 g/mol. The van der Waals surface area contributed by atoms with Gasteiger partial charge in [0, 0.05) is 24.6 Å². The maximum atomic E-state index is 12.2. The summed E-state index contributed by atoms with van der Waals surface area (Å²) >= 11 is 0. The molecule has 1 aromatic carbocycles. The number of amides is 1. The van der Waals surface area contributed by atoms with Gasteiger partial charge in [-0.1, -0.05) is 22.9 Å². The number of carbonyl (C=O) groups is 1. The van der Waals surface area contributed by atoms with E-state index < -0.39 is 0 Å². The molecule has 2 heterocycles. The van der Waals surface area contributed by atoms with E-state index in [2.05, 4.69) is 10.1 Å². The van der Waals surface area contributed by atoms with Crippen molar-refractivity contribution in [2.45, 2.75) is 38.0 Å². The van der Waals surface area contributed by atoms with Crippen LogP contribution in [0.3, 0.4) is 0 Å². The number of rotatable bonds is 3. The first-order valence-electron chi connectivity index (χ1n) is 7.41. The van der Waals surface area contributed by atoms with E-state index in [1.54, 1.807) is 0 Å². The van der Waals surface area contributed by atoms with E-state index in [0.29, 0.717) is 24.8 Å². The Labute approximate surface area is 123 Å². The van der Waals surface area contributed by atoms with Gasteiger partial charge in [-0.25, -0.2) is 0 Å². The Morgan fingerprint density at radius 3 is 2.67 bits per heavy atom. The van der Waals surface area contributed by atoms with Gasteiger partial charge in [0.15, 0.2) is 5.82 Å². The van der Waals surface area contributed by atoms with Crippen molar-refractivity contribution < 1.29 is 9.32 Å². The van der Waals surface area contributed by atoms with E-state index in [0.717, 1.165) is 24.4 Å². The lowest BCUT2D eigenvalue weighted by Gasteiger charge is -2.16. The summed E-state index contributed by atoms with van der Waals surface area (Å²) in [5, 5.41) is 4.04. The standard InChI is InChI=1S/C16H17N3O2/c1-10-2-6-13(7-3-10)19-9-12(8-14(19)20)16-17-15(18-21-16)11-4-5-11/h2-3,6-7,11-12H,4-5,8-9H2,1H3. The van der Waals surface area contributed by atoms with Gasteiger partial charge in [0.1, 0.15) is 0 Å². The third-order valence-corrected chi connectivity index (χ3v) is 4.22. The molecular weight excluding hydrogens is 266 g/mol. The Balaban J connectivity index is 1.53. The highest BCUT2D eigenvalue weighted by Gasteiger charge is 2.36. The first-order valence-corrected chi connectivity index (χ1v) is 7.41. The first kappa shape index (κ1) is 12.6. The molecule has 5 heteroatoms. The molecule has 0 bridgehead atoms. The van der Waals surface area contributed by atoms with Crippen LogP contribution >= 0.6 is 0 Å². The van der Waals surface area contributed by atoms with Crippen LogP contribution in [0.25, 0.3) is 0 Å². The highest BCUT2D eigenvalue weighted by molar-refractivity contribution is 5.96. The third kappa shape index (κ3) is 2.33. The SMILES string of the molecule is Cc1ccc(N2CC(c3nc(C4CC4)no3)CC2=O)cc1. The molecule has 108 valence electrons. The predicted octanol–water partition coefficient (Wildman–Crippen LogP) is 2.78. The van der Waals surface area contributed by atoms with Crippen molar-refractivity contribution in [3.8, 4) is 0 Å². The van der Waals surface area contributed by atoms with E-state index in [-0.39, 0.29) is 11.8 Å². The van der Waals surface area contributed by atoms with Gasteiger partial charge in [0.2, 0.25) is 11.8 Å². The minimum absolute atomic E-state index is 0.0128. The lowest BCUT2D eigenvalue weighted by Crippen LogP contribution is -2.24. The van der Waals surface area contributed by atoms with Crippen molar-refractivity contribution in [2.75, 3.05) is 11.4 Å². The summed E-state index contributed by atoms with van der Waals surface area (Å²) in [6.07, 6.45) is 2.75. The highest BCUT2D eigenvalue weighted by Crippen LogP contribution is 2.39. The molecule has 2 aliphatic rings. The zero-order chi connectivity index (χ0) is 14.4. The molecule has 1 aromatic heterocycles. The van der Waals surface area contributed by atoms with Gasteiger partial charge >= 0.3 is 0 Å². The van der Waals surface area contributed by atoms with E-state index in [9.17, 15) is 4.79 Å². The maximum absolute atomic E-state index is 12.2. The number of nitrogens with zero attached hydrogens (tertiary/aromatic N) is 3. The molecule has 5 nitrogen and oxygen atoms in total. The molecule has 1 saturated heterocycles. The summed E-state index contributed by atoms with van der Waals surface area (Å²) in [6, 6.07) is 8.01. The summed E-state index contributed by atoms with van der Waals surface area (Å²) < 4.78 is 5.36. The van der Waals surface area contributed by atoms with Gasteiger partial charge in [-0.05, 0) is 31.9 Å². The van der Waals surface area contributed by atoms with Gasteiger partial charge in [-0.3, -0.25) is 4.79 Å². The van der Waals surface area contributed by atoms with E-state index in [4.69, 9.17) is 4.52 Å². The van der Waals surface area contributed by atoms with Crippen molar-refractivity contribution in [3.05, 3.63) is 41.5 Å².